The quantitative estimate of drug-likeness (QED) is 0.488. The number of cyclic esters (lactones) is 1. The molecule has 20 heavy (non-hydrogen) atoms. The third kappa shape index (κ3) is 2.28. The van der Waals surface area contributed by atoms with Gasteiger partial charge in [0.2, 0.25) is 5.90 Å². The smallest absolute Gasteiger partial charge is 0.367 e. The summed E-state index contributed by atoms with van der Waals surface area (Å²) in [6.07, 6.45) is 1.33. The van der Waals surface area contributed by atoms with Crippen LogP contribution >= 0.6 is 0 Å². The summed E-state index contributed by atoms with van der Waals surface area (Å²) >= 11 is 0. The molecule has 2 aromatic rings. The third-order valence-corrected chi connectivity index (χ3v) is 2.98. The van der Waals surface area contributed by atoms with Crippen molar-refractivity contribution in [2.24, 2.45) is 4.99 Å². The number of carbonyl (C=O) groups is 1. The van der Waals surface area contributed by atoms with E-state index in [1.165, 1.54) is 6.26 Å². The Hall–Kier alpha value is -2.62. The summed E-state index contributed by atoms with van der Waals surface area (Å²) in [5.74, 6) is -0.173. The molecule has 0 saturated heterocycles. The molecular formula is C16H13NO3. The van der Waals surface area contributed by atoms with Crippen LogP contribution in [-0.4, -0.2) is 18.5 Å². The van der Waals surface area contributed by atoms with Crippen LogP contribution in [-0.2, 0) is 14.3 Å². The van der Waals surface area contributed by atoms with Crippen molar-refractivity contribution >= 4 is 22.6 Å². The number of ether oxygens (including phenoxy) is 2. The standard InChI is InChI=1S/C16H13NO3/c1-2-19-10-14-16(18)20-15(17-14)13-8-7-11-5-3-4-6-12(11)9-13/h3-10H,2H2,1H3/b14-10+. The molecule has 0 aliphatic carbocycles. The molecule has 0 spiro atoms. The number of esters is 1. The van der Waals surface area contributed by atoms with Crippen LogP contribution in [0.25, 0.3) is 10.8 Å². The Morgan fingerprint density at radius 2 is 2.00 bits per heavy atom. The molecule has 0 amide bonds. The van der Waals surface area contributed by atoms with Gasteiger partial charge in [0.05, 0.1) is 6.61 Å². The van der Waals surface area contributed by atoms with Gasteiger partial charge in [-0.1, -0.05) is 30.3 Å². The van der Waals surface area contributed by atoms with E-state index in [2.05, 4.69) is 4.99 Å². The average molecular weight is 267 g/mol. The van der Waals surface area contributed by atoms with Gasteiger partial charge in [-0.25, -0.2) is 9.79 Å². The number of nitrogens with zero attached hydrogens (tertiary/aromatic N) is 1. The minimum atomic E-state index is -0.485. The number of fused-ring (bicyclic) bond motifs is 1. The Kier molecular flexibility index (Phi) is 3.21. The van der Waals surface area contributed by atoms with Gasteiger partial charge in [-0.3, -0.25) is 0 Å². The zero-order chi connectivity index (χ0) is 13.9. The maximum atomic E-state index is 11.6. The molecule has 3 rings (SSSR count). The first kappa shape index (κ1) is 12.4. The van der Waals surface area contributed by atoms with E-state index in [4.69, 9.17) is 9.47 Å². The first-order chi connectivity index (χ1) is 9.78. The van der Waals surface area contributed by atoms with E-state index < -0.39 is 5.97 Å². The average Bonchev–Trinajstić information content (AvgIpc) is 2.86. The summed E-state index contributed by atoms with van der Waals surface area (Å²) in [7, 11) is 0. The van der Waals surface area contributed by atoms with E-state index >= 15 is 0 Å². The summed E-state index contributed by atoms with van der Waals surface area (Å²) < 4.78 is 10.2. The summed E-state index contributed by atoms with van der Waals surface area (Å²) in [6, 6.07) is 13.8. The minimum Gasteiger partial charge on any atom is -0.499 e. The number of carbonyl (C=O) groups excluding carboxylic acids is 1. The molecule has 0 N–H and O–H groups in total. The van der Waals surface area contributed by atoms with Gasteiger partial charge >= 0.3 is 5.97 Å². The van der Waals surface area contributed by atoms with Gasteiger partial charge < -0.3 is 9.47 Å². The SMILES string of the molecule is CCO/C=C1/N=C(c2ccc3ccccc3c2)OC1=O. The van der Waals surface area contributed by atoms with E-state index in [0.29, 0.717) is 12.5 Å². The van der Waals surface area contributed by atoms with Gasteiger partial charge in [-0.15, -0.1) is 0 Å². The molecule has 0 unspecified atom stereocenters. The van der Waals surface area contributed by atoms with Gasteiger partial charge in [0.25, 0.3) is 0 Å². The van der Waals surface area contributed by atoms with Gasteiger partial charge in [0.1, 0.15) is 6.26 Å². The van der Waals surface area contributed by atoms with Crippen LogP contribution in [0.4, 0.5) is 0 Å². The van der Waals surface area contributed by atoms with Crippen molar-refractivity contribution in [2.75, 3.05) is 6.61 Å². The highest BCUT2D eigenvalue weighted by molar-refractivity contribution is 6.12. The number of benzene rings is 2. The second kappa shape index (κ2) is 5.17. The van der Waals surface area contributed by atoms with Crippen molar-refractivity contribution in [3.63, 3.8) is 0 Å². The number of rotatable bonds is 3. The molecule has 0 saturated carbocycles. The van der Waals surface area contributed by atoms with E-state index in [1.54, 1.807) is 0 Å². The first-order valence-corrected chi connectivity index (χ1v) is 6.40. The summed E-state index contributed by atoms with van der Waals surface area (Å²) in [4.78, 5) is 15.8. The number of hydrogen-bond donors (Lipinski definition) is 0. The van der Waals surface area contributed by atoms with Gasteiger partial charge in [-0.05, 0) is 29.8 Å². The van der Waals surface area contributed by atoms with Crippen molar-refractivity contribution in [2.45, 2.75) is 6.92 Å². The predicted octanol–water partition coefficient (Wildman–Crippen LogP) is 3.02. The highest BCUT2D eigenvalue weighted by atomic mass is 16.6. The fourth-order valence-electron chi connectivity index (χ4n) is 2.00. The van der Waals surface area contributed by atoms with E-state index in [9.17, 15) is 4.79 Å². The van der Waals surface area contributed by atoms with Crippen molar-refractivity contribution in [3.8, 4) is 0 Å². The van der Waals surface area contributed by atoms with Crippen LogP contribution in [0.5, 0.6) is 0 Å². The summed E-state index contributed by atoms with van der Waals surface area (Å²) in [5.41, 5.74) is 0.965. The van der Waals surface area contributed by atoms with Crippen LogP contribution in [0.1, 0.15) is 12.5 Å². The lowest BCUT2D eigenvalue weighted by Crippen LogP contribution is -2.05. The Morgan fingerprint density at radius 3 is 2.80 bits per heavy atom. The van der Waals surface area contributed by atoms with Crippen molar-refractivity contribution < 1.29 is 14.3 Å². The highest BCUT2D eigenvalue weighted by Gasteiger charge is 2.24. The molecule has 100 valence electrons. The van der Waals surface area contributed by atoms with Crippen molar-refractivity contribution in [3.05, 3.63) is 60.0 Å². The fraction of sp³-hybridized carbons (Fsp3) is 0.125. The maximum absolute atomic E-state index is 11.6. The third-order valence-electron chi connectivity index (χ3n) is 2.98. The van der Waals surface area contributed by atoms with E-state index in [0.717, 1.165) is 16.3 Å². The molecule has 0 aromatic heterocycles. The van der Waals surface area contributed by atoms with Crippen molar-refractivity contribution in [1.29, 1.82) is 0 Å². The molecule has 1 heterocycles. The fourth-order valence-corrected chi connectivity index (χ4v) is 2.00. The number of aliphatic imine (C=N–C) groups is 1. The number of hydrogen-bond acceptors (Lipinski definition) is 4. The van der Waals surface area contributed by atoms with Gasteiger partial charge in [-0.2, -0.15) is 0 Å². The zero-order valence-electron chi connectivity index (χ0n) is 11.0. The molecule has 0 bridgehead atoms. The van der Waals surface area contributed by atoms with Crippen LogP contribution in [0.15, 0.2) is 59.4 Å². The van der Waals surface area contributed by atoms with Crippen LogP contribution < -0.4 is 0 Å². The highest BCUT2D eigenvalue weighted by Crippen LogP contribution is 2.20. The van der Waals surface area contributed by atoms with Crippen molar-refractivity contribution in [1.82, 2.24) is 0 Å². The Balaban J connectivity index is 1.97. The lowest BCUT2D eigenvalue weighted by atomic mass is 10.1. The summed E-state index contributed by atoms with van der Waals surface area (Å²) in [6.45, 7) is 2.32. The Labute approximate surface area is 116 Å². The maximum Gasteiger partial charge on any atom is 0.367 e. The van der Waals surface area contributed by atoms with Gasteiger partial charge in [0.15, 0.2) is 5.70 Å². The monoisotopic (exact) mass is 267 g/mol. The largest absolute Gasteiger partial charge is 0.499 e. The Morgan fingerprint density at radius 1 is 1.20 bits per heavy atom. The second-order valence-electron chi connectivity index (χ2n) is 4.33. The molecule has 1 aliphatic heterocycles. The molecule has 0 fully saturated rings. The van der Waals surface area contributed by atoms with Crippen LogP contribution in [0, 0.1) is 0 Å². The second-order valence-corrected chi connectivity index (χ2v) is 4.33. The molecule has 0 atom stereocenters. The summed E-state index contributed by atoms with van der Waals surface area (Å²) in [5, 5.41) is 2.21. The Bertz CT molecular complexity index is 731. The molecule has 4 heteroatoms. The van der Waals surface area contributed by atoms with Gasteiger partial charge in [0, 0.05) is 5.56 Å². The van der Waals surface area contributed by atoms with E-state index in [-0.39, 0.29) is 5.70 Å². The molecular weight excluding hydrogens is 254 g/mol. The lowest BCUT2D eigenvalue weighted by molar-refractivity contribution is -0.130. The normalized spacial score (nSPS) is 16.4. The zero-order valence-corrected chi connectivity index (χ0v) is 11.0. The molecule has 4 nitrogen and oxygen atoms in total. The minimum absolute atomic E-state index is 0.190. The first-order valence-electron chi connectivity index (χ1n) is 6.40. The molecule has 2 aromatic carbocycles. The molecule has 0 radical (unpaired) electrons. The van der Waals surface area contributed by atoms with E-state index in [1.807, 2.05) is 49.4 Å². The lowest BCUT2D eigenvalue weighted by Gasteiger charge is -2.02. The topological polar surface area (TPSA) is 47.9 Å². The predicted molar refractivity (Wildman–Crippen MR) is 76.3 cm³/mol. The molecule has 1 aliphatic rings. The van der Waals surface area contributed by atoms with Crippen LogP contribution in [0.2, 0.25) is 0 Å². The van der Waals surface area contributed by atoms with Crippen LogP contribution in [0.3, 0.4) is 0 Å².